The SMILES string of the molecule is CC(C)(C)OC(=O)NCC#CBr. The lowest BCUT2D eigenvalue weighted by atomic mass is 10.2. The lowest BCUT2D eigenvalue weighted by molar-refractivity contribution is 0.0535. The minimum atomic E-state index is -0.452. The third-order valence-electron chi connectivity index (χ3n) is 0.787. The molecule has 0 fully saturated rings. The number of hydrogen-bond donors (Lipinski definition) is 1. The molecule has 1 N–H and O–H groups in total. The van der Waals surface area contributed by atoms with Crippen LogP contribution < -0.4 is 5.32 Å². The van der Waals surface area contributed by atoms with Crippen LogP contribution in [0.15, 0.2) is 0 Å². The van der Waals surface area contributed by atoms with Gasteiger partial charge in [-0.25, -0.2) is 4.79 Å². The Labute approximate surface area is 81.0 Å². The predicted octanol–water partition coefficient (Wildman–Crippen LogP) is 1.87. The van der Waals surface area contributed by atoms with Crippen molar-refractivity contribution in [2.75, 3.05) is 6.54 Å². The molecule has 0 aliphatic rings. The molecular weight excluding hydrogens is 222 g/mol. The zero-order valence-electron chi connectivity index (χ0n) is 7.40. The second-order valence-corrected chi connectivity index (χ2v) is 3.52. The van der Waals surface area contributed by atoms with Gasteiger partial charge in [-0.2, -0.15) is 0 Å². The summed E-state index contributed by atoms with van der Waals surface area (Å²) in [6, 6.07) is 0. The van der Waals surface area contributed by atoms with Crippen molar-refractivity contribution in [1.82, 2.24) is 5.32 Å². The maximum Gasteiger partial charge on any atom is 0.408 e. The van der Waals surface area contributed by atoms with E-state index in [2.05, 4.69) is 32.0 Å². The summed E-state index contributed by atoms with van der Waals surface area (Å²) < 4.78 is 4.95. The lowest BCUT2D eigenvalue weighted by Crippen LogP contribution is -2.32. The molecule has 0 spiro atoms. The fraction of sp³-hybridized carbons (Fsp3) is 0.625. The van der Waals surface area contributed by atoms with Gasteiger partial charge in [-0.05, 0) is 25.6 Å². The molecule has 0 unspecified atom stereocenters. The Bertz CT molecular complexity index is 209. The minimum Gasteiger partial charge on any atom is -0.444 e. The van der Waals surface area contributed by atoms with Crippen LogP contribution in [-0.4, -0.2) is 18.2 Å². The Hall–Kier alpha value is -0.690. The third-order valence-corrected chi connectivity index (χ3v) is 1.07. The second kappa shape index (κ2) is 5.04. The first-order valence-corrected chi connectivity index (χ1v) is 4.30. The molecular formula is C8H12BrNO2. The van der Waals surface area contributed by atoms with Gasteiger partial charge < -0.3 is 10.1 Å². The normalized spacial score (nSPS) is 9.67. The monoisotopic (exact) mass is 233 g/mol. The van der Waals surface area contributed by atoms with Crippen LogP contribution in [0.5, 0.6) is 0 Å². The minimum absolute atomic E-state index is 0.292. The van der Waals surface area contributed by atoms with Crippen LogP contribution in [0.3, 0.4) is 0 Å². The van der Waals surface area contributed by atoms with Gasteiger partial charge in [0, 0.05) is 15.9 Å². The Kier molecular flexibility index (Phi) is 4.75. The van der Waals surface area contributed by atoms with E-state index in [4.69, 9.17) is 4.74 Å². The van der Waals surface area contributed by atoms with Gasteiger partial charge in [-0.15, -0.1) is 0 Å². The summed E-state index contributed by atoms with van der Waals surface area (Å²) in [5, 5.41) is 2.48. The van der Waals surface area contributed by atoms with Crippen molar-refractivity contribution in [3.8, 4) is 10.8 Å². The first kappa shape index (κ1) is 11.3. The second-order valence-electron chi connectivity index (χ2n) is 3.13. The van der Waals surface area contributed by atoms with Crippen LogP contribution in [0.25, 0.3) is 0 Å². The highest BCUT2D eigenvalue weighted by Crippen LogP contribution is 2.05. The molecule has 0 saturated heterocycles. The number of carbonyl (C=O) groups excluding carboxylic acids is 1. The van der Waals surface area contributed by atoms with E-state index in [9.17, 15) is 4.79 Å². The molecule has 0 rings (SSSR count). The zero-order valence-corrected chi connectivity index (χ0v) is 8.99. The number of nitrogens with one attached hydrogen (secondary N) is 1. The fourth-order valence-electron chi connectivity index (χ4n) is 0.464. The van der Waals surface area contributed by atoms with Crippen molar-refractivity contribution < 1.29 is 9.53 Å². The van der Waals surface area contributed by atoms with E-state index >= 15 is 0 Å². The number of hydrogen-bond acceptors (Lipinski definition) is 2. The zero-order chi connectivity index (χ0) is 9.61. The summed E-state index contributed by atoms with van der Waals surface area (Å²) >= 11 is 2.91. The highest BCUT2D eigenvalue weighted by molar-refractivity contribution is 9.12. The smallest absolute Gasteiger partial charge is 0.408 e. The standard InChI is InChI=1S/C8H12BrNO2/c1-8(2,3)12-7(11)10-6-4-5-9/h6H2,1-3H3,(H,10,11). The topological polar surface area (TPSA) is 38.3 Å². The van der Waals surface area contributed by atoms with Crippen molar-refractivity contribution >= 4 is 22.0 Å². The first-order valence-electron chi connectivity index (χ1n) is 3.51. The van der Waals surface area contributed by atoms with E-state index in [0.717, 1.165) is 0 Å². The molecule has 0 aromatic carbocycles. The number of rotatable bonds is 1. The van der Waals surface area contributed by atoms with Crippen molar-refractivity contribution in [3.63, 3.8) is 0 Å². The number of amides is 1. The summed E-state index contributed by atoms with van der Waals surface area (Å²) in [6.07, 6.45) is -0.447. The quantitative estimate of drug-likeness (QED) is 0.703. The van der Waals surface area contributed by atoms with Crippen molar-refractivity contribution in [2.45, 2.75) is 26.4 Å². The Morgan fingerprint density at radius 1 is 1.58 bits per heavy atom. The molecule has 4 heteroatoms. The van der Waals surface area contributed by atoms with E-state index in [1.165, 1.54) is 0 Å². The molecule has 12 heavy (non-hydrogen) atoms. The van der Waals surface area contributed by atoms with Crippen LogP contribution in [0.1, 0.15) is 20.8 Å². The Morgan fingerprint density at radius 3 is 2.58 bits per heavy atom. The molecule has 0 saturated carbocycles. The Morgan fingerprint density at radius 2 is 2.17 bits per heavy atom. The average Bonchev–Trinajstić information content (AvgIpc) is 1.84. The summed E-state index contributed by atoms with van der Waals surface area (Å²) in [4.78, 5) is 13.4. The summed E-state index contributed by atoms with van der Waals surface area (Å²) in [6.45, 7) is 5.72. The predicted molar refractivity (Wildman–Crippen MR) is 50.9 cm³/mol. The van der Waals surface area contributed by atoms with E-state index in [-0.39, 0.29) is 0 Å². The molecule has 0 radical (unpaired) electrons. The van der Waals surface area contributed by atoms with E-state index in [0.29, 0.717) is 6.54 Å². The molecule has 0 bridgehead atoms. The number of ether oxygens (including phenoxy) is 1. The van der Waals surface area contributed by atoms with Gasteiger partial charge in [-0.3, -0.25) is 0 Å². The molecule has 3 nitrogen and oxygen atoms in total. The first-order chi connectivity index (χ1) is 5.45. The number of halogens is 1. The van der Waals surface area contributed by atoms with Gasteiger partial charge in [0.05, 0.1) is 6.54 Å². The molecule has 68 valence electrons. The van der Waals surface area contributed by atoms with Crippen LogP contribution in [0.2, 0.25) is 0 Å². The maximum absolute atomic E-state index is 10.9. The van der Waals surface area contributed by atoms with Gasteiger partial charge in [-0.1, -0.05) is 5.92 Å². The fourth-order valence-corrected chi connectivity index (χ4v) is 0.604. The van der Waals surface area contributed by atoms with Gasteiger partial charge in [0.15, 0.2) is 0 Å². The largest absolute Gasteiger partial charge is 0.444 e. The summed E-state index contributed by atoms with van der Waals surface area (Å²) in [5.41, 5.74) is -0.452. The molecule has 0 aliphatic carbocycles. The van der Waals surface area contributed by atoms with E-state index < -0.39 is 11.7 Å². The van der Waals surface area contributed by atoms with Gasteiger partial charge >= 0.3 is 6.09 Å². The molecule has 0 aliphatic heterocycles. The van der Waals surface area contributed by atoms with Gasteiger partial charge in [0.1, 0.15) is 5.60 Å². The summed E-state index contributed by atoms with van der Waals surface area (Å²) in [7, 11) is 0. The number of carbonyl (C=O) groups is 1. The molecule has 0 aromatic rings. The molecule has 0 atom stereocenters. The highest BCUT2D eigenvalue weighted by atomic mass is 79.9. The highest BCUT2D eigenvalue weighted by Gasteiger charge is 2.14. The van der Waals surface area contributed by atoms with Crippen LogP contribution in [0, 0.1) is 10.8 Å². The van der Waals surface area contributed by atoms with Crippen LogP contribution in [-0.2, 0) is 4.74 Å². The van der Waals surface area contributed by atoms with E-state index in [1.54, 1.807) is 0 Å². The van der Waals surface area contributed by atoms with Crippen molar-refractivity contribution in [3.05, 3.63) is 0 Å². The van der Waals surface area contributed by atoms with Crippen LogP contribution in [0.4, 0.5) is 4.79 Å². The number of alkyl carbamates (subject to hydrolysis) is 1. The molecule has 0 heterocycles. The molecule has 1 amide bonds. The van der Waals surface area contributed by atoms with E-state index in [1.807, 2.05) is 20.8 Å². The van der Waals surface area contributed by atoms with Crippen molar-refractivity contribution in [1.29, 1.82) is 0 Å². The van der Waals surface area contributed by atoms with Gasteiger partial charge in [0.2, 0.25) is 0 Å². The van der Waals surface area contributed by atoms with Crippen molar-refractivity contribution in [2.24, 2.45) is 0 Å². The van der Waals surface area contributed by atoms with Crippen LogP contribution >= 0.6 is 15.9 Å². The summed E-state index contributed by atoms with van der Waals surface area (Å²) in [5.74, 6) is 2.62. The Balaban J connectivity index is 3.66. The third kappa shape index (κ3) is 7.42. The lowest BCUT2D eigenvalue weighted by Gasteiger charge is -2.18. The maximum atomic E-state index is 10.9. The van der Waals surface area contributed by atoms with Gasteiger partial charge in [0.25, 0.3) is 0 Å². The molecule has 0 aromatic heterocycles. The average molecular weight is 234 g/mol.